The summed E-state index contributed by atoms with van der Waals surface area (Å²) in [6.07, 6.45) is 1.26. The molecule has 0 saturated carbocycles. The van der Waals surface area contributed by atoms with Gasteiger partial charge in [-0.15, -0.1) is 0 Å². The van der Waals surface area contributed by atoms with Gasteiger partial charge < -0.3 is 9.73 Å². The molecule has 0 bridgehead atoms. The maximum atomic E-state index is 12.2. The molecule has 0 saturated heterocycles. The Bertz CT molecular complexity index is 724. The number of ketones is 1. The molecule has 118 valence electrons. The Morgan fingerprint density at radius 3 is 2.43 bits per heavy atom. The summed E-state index contributed by atoms with van der Waals surface area (Å²) in [6.45, 7) is 0. The second-order valence-electron chi connectivity index (χ2n) is 4.30. The van der Waals surface area contributed by atoms with Crippen molar-refractivity contribution in [3.05, 3.63) is 48.4 Å². The molecule has 5 nitrogen and oxygen atoms in total. The van der Waals surface area contributed by atoms with E-state index >= 15 is 0 Å². The van der Waals surface area contributed by atoms with E-state index in [-0.39, 0.29) is 5.76 Å². The molecule has 1 N–H and O–H groups in total. The average molecular weight is 336 g/mol. The molecule has 0 spiro atoms. The topological polar surface area (TPSA) is 83.1 Å². The first-order chi connectivity index (χ1) is 11.0. The molecule has 1 amide bonds. The highest BCUT2D eigenvalue weighted by molar-refractivity contribution is 7.99. The predicted molar refractivity (Wildman–Crippen MR) is 79.1 cm³/mol. The first-order valence-corrected chi connectivity index (χ1v) is 7.22. The number of alkyl halides is 2. The Hall–Kier alpha value is -2.66. The van der Waals surface area contributed by atoms with E-state index in [1.165, 1.54) is 42.7 Å². The molecule has 1 heterocycles. The molecule has 1 atom stereocenters. The van der Waals surface area contributed by atoms with Gasteiger partial charge in [-0.3, -0.25) is 9.59 Å². The zero-order valence-electron chi connectivity index (χ0n) is 11.5. The number of halogens is 2. The fourth-order valence-electron chi connectivity index (χ4n) is 1.73. The van der Waals surface area contributed by atoms with Crippen molar-refractivity contribution in [1.82, 2.24) is 0 Å². The average Bonchev–Trinajstić information content (AvgIpc) is 3.03. The number of carbonyl (C=O) groups is 2. The lowest BCUT2D eigenvalue weighted by atomic mass is 10.0. The Balaban J connectivity index is 2.05. The summed E-state index contributed by atoms with van der Waals surface area (Å²) < 4.78 is 29.3. The molecule has 2 rings (SSSR count). The Morgan fingerprint density at radius 1 is 1.22 bits per heavy atom. The second-order valence-corrected chi connectivity index (χ2v) is 5.36. The number of benzene rings is 1. The smallest absolute Gasteiger partial charge is 0.288 e. The molecule has 0 fully saturated rings. The van der Waals surface area contributed by atoms with Crippen molar-refractivity contribution in [3.8, 4) is 6.07 Å². The summed E-state index contributed by atoms with van der Waals surface area (Å²) in [5.74, 6) is -5.75. The van der Waals surface area contributed by atoms with E-state index < -0.39 is 23.4 Å². The van der Waals surface area contributed by atoms with Gasteiger partial charge >= 0.3 is 0 Å². The molecule has 1 unspecified atom stereocenters. The lowest BCUT2D eigenvalue weighted by molar-refractivity contribution is -0.117. The van der Waals surface area contributed by atoms with Crippen LogP contribution in [-0.4, -0.2) is 17.4 Å². The van der Waals surface area contributed by atoms with Crippen LogP contribution in [0.15, 0.2) is 52.0 Å². The van der Waals surface area contributed by atoms with Gasteiger partial charge in [-0.25, -0.2) is 0 Å². The summed E-state index contributed by atoms with van der Waals surface area (Å²) in [7, 11) is 0. The molecular formula is C15H10F2N2O3S. The van der Waals surface area contributed by atoms with Crippen LogP contribution in [0.5, 0.6) is 0 Å². The van der Waals surface area contributed by atoms with Crippen molar-refractivity contribution in [2.75, 3.05) is 5.32 Å². The van der Waals surface area contributed by atoms with Crippen LogP contribution in [0, 0.1) is 17.2 Å². The van der Waals surface area contributed by atoms with Gasteiger partial charge in [-0.1, -0.05) is 11.8 Å². The molecule has 0 aliphatic carbocycles. The van der Waals surface area contributed by atoms with E-state index in [1.54, 1.807) is 6.07 Å². The number of thioether (sulfide) groups is 1. The lowest BCUT2D eigenvalue weighted by Gasteiger charge is -2.09. The maximum Gasteiger partial charge on any atom is 0.288 e. The highest BCUT2D eigenvalue weighted by atomic mass is 32.2. The molecule has 1 aromatic heterocycles. The number of Topliss-reactive ketones (excluding diaryl/α,β-unsaturated/α-hetero) is 1. The van der Waals surface area contributed by atoms with Crippen molar-refractivity contribution in [3.63, 3.8) is 0 Å². The van der Waals surface area contributed by atoms with Gasteiger partial charge in [0.2, 0.25) is 11.7 Å². The summed E-state index contributed by atoms with van der Waals surface area (Å²) in [5.41, 5.74) is 0.293. The van der Waals surface area contributed by atoms with Crippen LogP contribution < -0.4 is 5.32 Å². The van der Waals surface area contributed by atoms with Gasteiger partial charge in [0.25, 0.3) is 5.76 Å². The van der Waals surface area contributed by atoms with Crippen LogP contribution >= 0.6 is 11.8 Å². The summed E-state index contributed by atoms with van der Waals surface area (Å²) >= 11 is 0.375. The number of furan rings is 1. The normalized spacial score (nSPS) is 11.7. The van der Waals surface area contributed by atoms with Crippen molar-refractivity contribution in [2.24, 2.45) is 5.92 Å². The third kappa shape index (κ3) is 4.40. The highest BCUT2D eigenvalue weighted by Crippen LogP contribution is 2.26. The van der Waals surface area contributed by atoms with E-state index in [9.17, 15) is 18.4 Å². The molecule has 0 aliphatic rings. The fraction of sp³-hybridized carbons (Fsp3) is 0.133. The first-order valence-electron chi connectivity index (χ1n) is 6.34. The molecule has 2 aromatic rings. The zero-order valence-corrected chi connectivity index (χ0v) is 12.3. The summed E-state index contributed by atoms with van der Waals surface area (Å²) in [4.78, 5) is 24.3. The Kier molecular flexibility index (Phi) is 5.49. The Morgan fingerprint density at radius 2 is 1.91 bits per heavy atom. The Labute approximate surface area is 134 Å². The van der Waals surface area contributed by atoms with Crippen LogP contribution in [0.1, 0.15) is 10.6 Å². The van der Waals surface area contributed by atoms with E-state index in [0.29, 0.717) is 22.3 Å². The van der Waals surface area contributed by atoms with Crippen molar-refractivity contribution in [1.29, 1.82) is 5.26 Å². The fourth-order valence-corrected chi connectivity index (χ4v) is 2.23. The largest absolute Gasteiger partial charge is 0.461 e. The predicted octanol–water partition coefficient (Wildman–Crippen LogP) is 3.56. The zero-order chi connectivity index (χ0) is 16.8. The number of amides is 1. The minimum absolute atomic E-state index is 0.0876. The highest BCUT2D eigenvalue weighted by Gasteiger charge is 2.29. The monoisotopic (exact) mass is 336 g/mol. The lowest BCUT2D eigenvalue weighted by Crippen LogP contribution is -2.28. The molecule has 8 heteroatoms. The van der Waals surface area contributed by atoms with Gasteiger partial charge in [0, 0.05) is 10.6 Å². The van der Waals surface area contributed by atoms with Crippen LogP contribution in [0.4, 0.5) is 14.5 Å². The maximum absolute atomic E-state index is 12.2. The number of nitriles is 1. The van der Waals surface area contributed by atoms with E-state index in [4.69, 9.17) is 9.68 Å². The number of rotatable bonds is 6. The number of carbonyl (C=O) groups excluding carboxylic acids is 2. The van der Waals surface area contributed by atoms with Gasteiger partial charge in [-0.05, 0) is 36.4 Å². The second kappa shape index (κ2) is 7.56. The molecular weight excluding hydrogens is 326 g/mol. The standard InChI is InChI=1S/C15H10F2N2O3S/c16-15(17)23-10-5-3-9(4-6-10)19-14(21)11(8-18)13(20)12-2-1-7-22-12/h1-7,11,15H,(H,19,21). The van der Waals surface area contributed by atoms with Crippen molar-refractivity contribution >= 4 is 29.1 Å². The van der Waals surface area contributed by atoms with Gasteiger partial charge in [0.15, 0.2) is 11.7 Å². The van der Waals surface area contributed by atoms with E-state index in [1.807, 2.05) is 0 Å². The number of hydrogen-bond donors (Lipinski definition) is 1. The number of anilines is 1. The molecule has 1 aromatic carbocycles. The minimum Gasteiger partial charge on any atom is -0.461 e. The summed E-state index contributed by atoms with van der Waals surface area (Å²) in [6, 6.07) is 10.1. The molecule has 0 radical (unpaired) electrons. The minimum atomic E-state index is -2.54. The number of hydrogen-bond acceptors (Lipinski definition) is 5. The van der Waals surface area contributed by atoms with Crippen LogP contribution in [0.25, 0.3) is 0 Å². The third-order valence-corrected chi connectivity index (χ3v) is 3.49. The van der Waals surface area contributed by atoms with Gasteiger partial charge in [0.05, 0.1) is 12.3 Å². The van der Waals surface area contributed by atoms with E-state index in [2.05, 4.69) is 5.32 Å². The van der Waals surface area contributed by atoms with Crippen LogP contribution in [-0.2, 0) is 4.79 Å². The van der Waals surface area contributed by atoms with Gasteiger partial charge in [0.1, 0.15) is 0 Å². The van der Waals surface area contributed by atoms with Crippen LogP contribution in [0.2, 0.25) is 0 Å². The SMILES string of the molecule is N#CC(C(=O)Nc1ccc(SC(F)F)cc1)C(=O)c1ccco1. The molecule has 0 aliphatic heterocycles. The molecule has 23 heavy (non-hydrogen) atoms. The first kappa shape index (κ1) is 16.7. The quantitative estimate of drug-likeness (QED) is 0.495. The van der Waals surface area contributed by atoms with Crippen LogP contribution in [0.3, 0.4) is 0 Å². The van der Waals surface area contributed by atoms with E-state index in [0.717, 1.165) is 0 Å². The third-order valence-electron chi connectivity index (χ3n) is 2.76. The van der Waals surface area contributed by atoms with Gasteiger partial charge in [-0.2, -0.15) is 14.0 Å². The number of nitrogens with one attached hydrogen (secondary N) is 1. The summed E-state index contributed by atoms with van der Waals surface area (Å²) in [5, 5.41) is 11.4. The number of nitrogens with zero attached hydrogens (tertiary/aromatic N) is 1. The van der Waals surface area contributed by atoms with Crippen molar-refractivity contribution < 1.29 is 22.8 Å². The van der Waals surface area contributed by atoms with Crippen molar-refractivity contribution in [2.45, 2.75) is 10.7 Å².